The van der Waals surface area contributed by atoms with E-state index in [4.69, 9.17) is 0 Å². The first-order valence-electron chi connectivity index (χ1n) is 12.2. The van der Waals surface area contributed by atoms with Crippen LogP contribution in [-0.2, 0) is 16.0 Å². The molecule has 9 nitrogen and oxygen atoms in total. The number of aromatic amines is 1. The molecule has 1 fully saturated rings. The average molecular weight is 490 g/mol. The number of H-pyrrole nitrogens is 1. The number of hydrogen-bond donors (Lipinski definition) is 3. The number of likely N-dealkylation sites (tertiary alicyclic amines) is 1. The maximum atomic E-state index is 13.0. The summed E-state index contributed by atoms with van der Waals surface area (Å²) < 4.78 is 0. The van der Waals surface area contributed by atoms with Gasteiger partial charge in [0.25, 0.3) is 5.91 Å². The van der Waals surface area contributed by atoms with Crippen LogP contribution in [0.5, 0.6) is 0 Å². The van der Waals surface area contributed by atoms with Crippen molar-refractivity contribution in [3.05, 3.63) is 75.8 Å². The number of amides is 3. The Morgan fingerprint density at radius 1 is 1.14 bits per heavy atom. The molecule has 4 rings (SSSR count). The molecule has 0 aliphatic carbocycles. The zero-order chi connectivity index (χ0) is 25.7. The Morgan fingerprint density at radius 2 is 1.92 bits per heavy atom. The molecular weight excluding hydrogens is 458 g/mol. The van der Waals surface area contributed by atoms with E-state index < -0.39 is 6.04 Å². The lowest BCUT2D eigenvalue weighted by atomic mass is 9.89. The van der Waals surface area contributed by atoms with Crippen molar-refractivity contribution < 1.29 is 14.4 Å². The van der Waals surface area contributed by atoms with Crippen LogP contribution in [0.15, 0.2) is 53.5 Å². The van der Waals surface area contributed by atoms with E-state index in [0.717, 1.165) is 34.9 Å². The van der Waals surface area contributed by atoms with E-state index in [1.54, 1.807) is 31.3 Å². The van der Waals surface area contributed by atoms with Crippen molar-refractivity contribution in [1.82, 2.24) is 25.5 Å². The van der Waals surface area contributed by atoms with Gasteiger partial charge in [-0.1, -0.05) is 12.1 Å². The van der Waals surface area contributed by atoms with Gasteiger partial charge in [-0.3, -0.25) is 24.2 Å². The standard InChI is InChI=1S/C27H31N5O4/c1-17-13-24(33)30-21-7-6-19(14-20(17)21)16-25(34)32-11-8-18(9-12-32)15-23(26(35)28-2)31-27(36)22-5-3-4-10-29-22/h3-7,10,13-14,18,23H,8-9,11-12,15-16H2,1-2H3,(H,28,35)(H,30,33)(H,31,36)/t23-/m1/s1. The van der Waals surface area contributed by atoms with E-state index in [0.29, 0.717) is 25.9 Å². The fraction of sp³-hybridized carbons (Fsp3) is 0.370. The summed E-state index contributed by atoms with van der Waals surface area (Å²) in [5.41, 5.74) is 2.67. The quantitative estimate of drug-likeness (QED) is 0.468. The highest BCUT2D eigenvalue weighted by Gasteiger charge is 2.29. The monoisotopic (exact) mass is 489 g/mol. The minimum Gasteiger partial charge on any atom is -0.357 e. The zero-order valence-corrected chi connectivity index (χ0v) is 20.5. The molecular formula is C27H31N5O4. The number of carbonyl (C=O) groups is 3. The Balaban J connectivity index is 1.33. The molecule has 36 heavy (non-hydrogen) atoms. The number of piperidine rings is 1. The number of rotatable bonds is 7. The van der Waals surface area contributed by atoms with Crippen LogP contribution in [0, 0.1) is 12.8 Å². The fourth-order valence-electron chi connectivity index (χ4n) is 4.75. The Bertz CT molecular complexity index is 1310. The Hall–Kier alpha value is -4.01. The van der Waals surface area contributed by atoms with E-state index in [1.807, 2.05) is 30.0 Å². The summed E-state index contributed by atoms with van der Waals surface area (Å²) in [4.78, 5) is 58.3. The maximum absolute atomic E-state index is 13.0. The topological polar surface area (TPSA) is 124 Å². The van der Waals surface area contributed by atoms with Crippen LogP contribution in [-0.4, -0.2) is 58.8 Å². The van der Waals surface area contributed by atoms with Crippen molar-refractivity contribution in [1.29, 1.82) is 0 Å². The summed E-state index contributed by atoms with van der Waals surface area (Å²) in [5, 5.41) is 6.37. The molecule has 1 aliphatic rings. The van der Waals surface area contributed by atoms with Crippen LogP contribution in [0.2, 0.25) is 0 Å². The number of hydrogen-bond acceptors (Lipinski definition) is 5. The van der Waals surface area contributed by atoms with Crippen LogP contribution >= 0.6 is 0 Å². The molecule has 1 aromatic carbocycles. The Morgan fingerprint density at radius 3 is 2.61 bits per heavy atom. The summed E-state index contributed by atoms with van der Waals surface area (Å²) in [6, 6.07) is 11.6. The molecule has 0 bridgehead atoms. The molecule has 188 valence electrons. The maximum Gasteiger partial charge on any atom is 0.270 e. The molecule has 3 aromatic rings. The summed E-state index contributed by atoms with van der Waals surface area (Å²) in [6.45, 7) is 3.11. The van der Waals surface area contributed by atoms with E-state index in [-0.39, 0.29) is 34.9 Å². The van der Waals surface area contributed by atoms with Gasteiger partial charge in [-0.2, -0.15) is 0 Å². The third-order valence-corrected chi connectivity index (χ3v) is 6.77. The summed E-state index contributed by atoms with van der Waals surface area (Å²) in [5.74, 6) is -0.362. The number of nitrogens with one attached hydrogen (secondary N) is 3. The number of carbonyl (C=O) groups excluding carboxylic acids is 3. The molecule has 0 unspecified atom stereocenters. The average Bonchev–Trinajstić information content (AvgIpc) is 2.89. The van der Waals surface area contributed by atoms with Crippen LogP contribution in [0.3, 0.4) is 0 Å². The van der Waals surface area contributed by atoms with Gasteiger partial charge in [0.2, 0.25) is 17.4 Å². The molecule has 1 aliphatic heterocycles. The second kappa shape index (κ2) is 11.2. The normalized spacial score (nSPS) is 14.9. The van der Waals surface area contributed by atoms with Gasteiger partial charge in [0.05, 0.1) is 6.42 Å². The highest BCUT2D eigenvalue weighted by atomic mass is 16.2. The molecule has 2 aromatic heterocycles. The molecule has 9 heteroatoms. The van der Waals surface area contributed by atoms with Crippen molar-refractivity contribution in [2.75, 3.05) is 20.1 Å². The van der Waals surface area contributed by atoms with Crippen molar-refractivity contribution in [3.8, 4) is 0 Å². The molecule has 3 N–H and O–H groups in total. The van der Waals surface area contributed by atoms with E-state index in [9.17, 15) is 19.2 Å². The van der Waals surface area contributed by atoms with E-state index in [1.165, 1.54) is 6.20 Å². The number of aryl methyl sites for hydroxylation is 1. The van der Waals surface area contributed by atoms with E-state index in [2.05, 4.69) is 20.6 Å². The Kier molecular flexibility index (Phi) is 7.77. The minimum absolute atomic E-state index is 0.0567. The first kappa shape index (κ1) is 25.1. The molecule has 3 heterocycles. The van der Waals surface area contributed by atoms with Gasteiger partial charge >= 0.3 is 0 Å². The van der Waals surface area contributed by atoms with Gasteiger partial charge in [-0.25, -0.2) is 0 Å². The van der Waals surface area contributed by atoms with E-state index >= 15 is 0 Å². The number of nitrogens with zero attached hydrogens (tertiary/aromatic N) is 2. The van der Waals surface area contributed by atoms with Crippen molar-refractivity contribution in [2.24, 2.45) is 5.92 Å². The number of benzene rings is 1. The van der Waals surface area contributed by atoms with Gasteiger partial charge in [0, 0.05) is 43.3 Å². The zero-order valence-electron chi connectivity index (χ0n) is 20.5. The molecule has 1 atom stereocenters. The van der Waals surface area contributed by atoms with Crippen LogP contribution in [0.1, 0.15) is 40.9 Å². The Labute approximate surface area is 209 Å². The van der Waals surface area contributed by atoms with Gasteiger partial charge in [-0.15, -0.1) is 0 Å². The third kappa shape index (κ3) is 5.97. The lowest BCUT2D eigenvalue weighted by Gasteiger charge is -2.33. The van der Waals surface area contributed by atoms with Crippen molar-refractivity contribution >= 4 is 28.6 Å². The van der Waals surface area contributed by atoms with Gasteiger partial charge < -0.3 is 20.5 Å². The van der Waals surface area contributed by atoms with Gasteiger partial charge in [0.1, 0.15) is 11.7 Å². The lowest BCUT2D eigenvalue weighted by Crippen LogP contribution is -2.48. The number of likely N-dealkylation sites (N-methyl/N-ethyl adjacent to an activating group) is 1. The van der Waals surface area contributed by atoms with Crippen LogP contribution < -0.4 is 16.2 Å². The smallest absolute Gasteiger partial charge is 0.270 e. The predicted octanol–water partition coefficient (Wildman–Crippen LogP) is 1.95. The molecule has 0 saturated carbocycles. The number of fused-ring (bicyclic) bond motifs is 1. The van der Waals surface area contributed by atoms with Crippen LogP contribution in [0.4, 0.5) is 0 Å². The van der Waals surface area contributed by atoms with Crippen molar-refractivity contribution in [3.63, 3.8) is 0 Å². The fourth-order valence-corrected chi connectivity index (χ4v) is 4.75. The molecule has 1 saturated heterocycles. The SMILES string of the molecule is CNC(=O)[C@@H](CC1CCN(C(=O)Cc2ccc3[nH]c(=O)cc(C)c3c2)CC1)NC(=O)c1ccccn1. The number of aromatic nitrogens is 2. The first-order chi connectivity index (χ1) is 17.3. The molecule has 3 amide bonds. The second-order valence-electron chi connectivity index (χ2n) is 9.29. The van der Waals surface area contributed by atoms with Gasteiger partial charge in [-0.05, 0) is 67.5 Å². The van der Waals surface area contributed by atoms with Gasteiger partial charge in [0.15, 0.2) is 0 Å². The van der Waals surface area contributed by atoms with Crippen molar-refractivity contribution in [2.45, 2.75) is 38.6 Å². The largest absolute Gasteiger partial charge is 0.357 e. The van der Waals surface area contributed by atoms with Crippen LogP contribution in [0.25, 0.3) is 10.9 Å². The highest BCUT2D eigenvalue weighted by Crippen LogP contribution is 2.24. The molecule has 0 spiro atoms. The summed E-state index contributed by atoms with van der Waals surface area (Å²) in [6.07, 6.45) is 3.85. The lowest BCUT2D eigenvalue weighted by molar-refractivity contribution is -0.132. The highest BCUT2D eigenvalue weighted by molar-refractivity contribution is 5.96. The first-order valence-corrected chi connectivity index (χ1v) is 12.2. The summed E-state index contributed by atoms with van der Waals surface area (Å²) >= 11 is 0. The summed E-state index contributed by atoms with van der Waals surface area (Å²) in [7, 11) is 1.55. The molecule has 0 radical (unpaired) electrons. The minimum atomic E-state index is -0.663. The predicted molar refractivity (Wildman–Crippen MR) is 136 cm³/mol. The second-order valence-corrected chi connectivity index (χ2v) is 9.29. The number of pyridine rings is 2. The third-order valence-electron chi connectivity index (χ3n) is 6.77.